The summed E-state index contributed by atoms with van der Waals surface area (Å²) in [6.07, 6.45) is 72.3. The summed E-state index contributed by atoms with van der Waals surface area (Å²) in [4.78, 5) is 38.0. The van der Waals surface area contributed by atoms with Gasteiger partial charge >= 0.3 is 17.9 Å². The van der Waals surface area contributed by atoms with Crippen molar-refractivity contribution in [2.45, 2.75) is 239 Å². The first-order valence-electron chi connectivity index (χ1n) is 26.9. The van der Waals surface area contributed by atoms with Crippen LogP contribution in [0.3, 0.4) is 0 Å². The van der Waals surface area contributed by atoms with Crippen molar-refractivity contribution < 1.29 is 28.6 Å². The van der Waals surface area contributed by atoms with Crippen LogP contribution in [0.1, 0.15) is 233 Å². The molecule has 6 nitrogen and oxygen atoms in total. The van der Waals surface area contributed by atoms with E-state index < -0.39 is 6.10 Å². The normalized spacial score (nSPS) is 13.0. The number of unbranched alkanes of at least 4 members (excludes halogenated alkanes) is 18. The van der Waals surface area contributed by atoms with Gasteiger partial charge in [-0.2, -0.15) is 0 Å². The SMILES string of the molecule is CC/C=C\C/C=C\C/C=C\C/C=C\C/C=C\C/C=C\CCC(=O)OC[C@H](COC(=O)CCC/C=C\C/C=C\C/C=C\CCCCCCCC)OC(=O)CCCCCCCCCCCCCC. The van der Waals surface area contributed by atoms with Crippen molar-refractivity contribution in [1.29, 1.82) is 0 Å². The third kappa shape index (κ3) is 51.1. The Balaban J connectivity index is 4.56. The maximum absolute atomic E-state index is 12.8. The first-order chi connectivity index (χ1) is 32.5. The quantitative estimate of drug-likeness (QED) is 0.0262. The van der Waals surface area contributed by atoms with Crippen LogP contribution in [-0.2, 0) is 28.6 Å². The van der Waals surface area contributed by atoms with E-state index >= 15 is 0 Å². The Bertz CT molecular complexity index is 1370. The van der Waals surface area contributed by atoms with Crippen LogP contribution in [-0.4, -0.2) is 37.2 Å². The van der Waals surface area contributed by atoms with Crippen molar-refractivity contribution in [3.8, 4) is 0 Å². The Morgan fingerprint density at radius 3 is 1.06 bits per heavy atom. The molecular weight excluding hydrogens is 817 g/mol. The van der Waals surface area contributed by atoms with Crippen LogP contribution in [0, 0.1) is 0 Å². The molecular formula is C60H98O6. The highest BCUT2D eigenvalue weighted by Crippen LogP contribution is 2.14. The molecule has 0 aromatic rings. The minimum Gasteiger partial charge on any atom is -0.462 e. The van der Waals surface area contributed by atoms with Gasteiger partial charge in [0.15, 0.2) is 6.10 Å². The maximum Gasteiger partial charge on any atom is 0.306 e. The molecule has 0 N–H and O–H groups in total. The minimum atomic E-state index is -0.828. The number of hydrogen-bond acceptors (Lipinski definition) is 6. The molecule has 0 radical (unpaired) electrons. The van der Waals surface area contributed by atoms with Crippen molar-refractivity contribution in [2.75, 3.05) is 13.2 Å². The lowest BCUT2D eigenvalue weighted by molar-refractivity contribution is -0.166. The van der Waals surface area contributed by atoms with E-state index in [1.807, 2.05) is 12.2 Å². The average Bonchev–Trinajstić information content (AvgIpc) is 3.31. The standard InChI is InChI=1S/C60H98O6/c1-4-7-10-13-16-19-22-25-27-29-30-32-34-36-39-41-44-47-50-53-59(62)65-56-57(66-60(63)54-51-48-45-42-37-24-21-18-15-12-9-6-3)55-64-58(61)52-49-46-43-40-38-35-33-31-28-26-23-20-17-14-11-8-5-2/h7,10,16,19,25-28,30,32-33,35-36,39-40,43-44,47,57H,4-6,8-9,11-15,17-18,20-24,29,31,34,37-38,41-42,45-46,48-56H2,1-3H3/b10-7-,19-16-,27-25-,28-26-,32-30-,35-33-,39-36-,43-40-,47-44-/t57-/m0/s1. The van der Waals surface area contributed by atoms with Crippen LogP contribution in [0.5, 0.6) is 0 Å². The van der Waals surface area contributed by atoms with Gasteiger partial charge in [-0.25, -0.2) is 0 Å². The number of allylic oxidation sites excluding steroid dienone is 18. The maximum atomic E-state index is 12.8. The largest absolute Gasteiger partial charge is 0.462 e. The van der Waals surface area contributed by atoms with Crippen LogP contribution < -0.4 is 0 Å². The van der Waals surface area contributed by atoms with Crippen molar-refractivity contribution >= 4 is 17.9 Å². The van der Waals surface area contributed by atoms with Gasteiger partial charge in [-0.1, -0.05) is 233 Å². The van der Waals surface area contributed by atoms with E-state index in [-0.39, 0.29) is 44.0 Å². The molecule has 0 aliphatic rings. The molecule has 0 heterocycles. The molecule has 0 rings (SSSR count). The van der Waals surface area contributed by atoms with Gasteiger partial charge in [0.25, 0.3) is 0 Å². The van der Waals surface area contributed by atoms with Crippen LogP contribution in [0.15, 0.2) is 109 Å². The van der Waals surface area contributed by atoms with Crippen molar-refractivity contribution in [3.63, 3.8) is 0 Å². The second kappa shape index (κ2) is 53.7. The summed E-state index contributed by atoms with van der Waals surface area (Å²) in [5.74, 6) is -1.06. The third-order valence-electron chi connectivity index (χ3n) is 11.0. The number of carbonyl (C=O) groups is 3. The summed E-state index contributed by atoms with van der Waals surface area (Å²) in [5.41, 5.74) is 0. The highest BCUT2D eigenvalue weighted by molar-refractivity contribution is 5.71. The highest BCUT2D eigenvalue weighted by atomic mass is 16.6. The lowest BCUT2D eigenvalue weighted by Gasteiger charge is -2.18. The molecule has 0 fully saturated rings. The van der Waals surface area contributed by atoms with Crippen LogP contribution in [0.4, 0.5) is 0 Å². The minimum absolute atomic E-state index is 0.127. The predicted octanol–water partition coefficient (Wildman–Crippen LogP) is 17.9. The van der Waals surface area contributed by atoms with E-state index in [4.69, 9.17) is 14.2 Å². The first kappa shape index (κ1) is 62.1. The zero-order valence-electron chi connectivity index (χ0n) is 42.7. The monoisotopic (exact) mass is 915 g/mol. The van der Waals surface area contributed by atoms with Crippen LogP contribution in [0.25, 0.3) is 0 Å². The Morgan fingerprint density at radius 1 is 0.318 bits per heavy atom. The van der Waals surface area contributed by atoms with Gasteiger partial charge in [0, 0.05) is 19.3 Å². The number of rotatable bonds is 47. The topological polar surface area (TPSA) is 78.9 Å². The second-order valence-electron chi connectivity index (χ2n) is 17.4. The molecule has 0 saturated heterocycles. The van der Waals surface area contributed by atoms with Crippen molar-refractivity contribution in [1.82, 2.24) is 0 Å². The number of hydrogen-bond donors (Lipinski definition) is 0. The lowest BCUT2D eigenvalue weighted by Crippen LogP contribution is -2.30. The smallest absolute Gasteiger partial charge is 0.306 e. The van der Waals surface area contributed by atoms with E-state index in [2.05, 4.69) is 118 Å². The lowest BCUT2D eigenvalue weighted by atomic mass is 10.0. The van der Waals surface area contributed by atoms with Crippen LogP contribution in [0.2, 0.25) is 0 Å². The van der Waals surface area contributed by atoms with Gasteiger partial charge in [-0.05, 0) is 89.9 Å². The number of carbonyl (C=O) groups excluding carboxylic acids is 3. The molecule has 0 saturated carbocycles. The van der Waals surface area contributed by atoms with Gasteiger partial charge in [-0.15, -0.1) is 0 Å². The van der Waals surface area contributed by atoms with Crippen LogP contribution >= 0.6 is 0 Å². The van der Waals surface area contributed by atoms with Gasteiger partial charge in [0.1, 0.15) is 13.2 Å². The van der Waals surface area contributed by atoms with Crippen molar-refractivity contribution in [2.24, 2.45) is 0 Å². The average molecular weight is 915 g/mol. The molecule has 1 atom stereocenters. The van der Waals surface area contributed by atoms with E-state index in [9.17, 15) is 14.4 Å². The summed E-state index contributed by atoms with van der Waals surface area (Å²) in [5, 5.41) is 0. The van der Waals surface area contributed by atoms with E-state index in [0.29, 0.717) is 19.3 Å². The highest BCUT2D eigenvalue weighted by Gasteiger charge is 2.19. The van der Waals surface area contributed by atoms with Crippen molar-refractivity contribution in [3.05, 3.63) is 109 Å². The summed E-state index contributed by atoms with van der Waals surface area (Å²) in [6.45, 7) is 6.40. The Hall–Kier alpha value is -3.93. The summed E-state index contributed by atoms with van der Waals surface area (Å²) >= 11 is 0. The predicted molar refractivity (Wildman–Crippen MR) is 283 cm³/mol. The van der Waals surface area contributed by atoms with Gasteiger partial charge in [0.2, 0.25) is 0 Å². The van der Waals surface area contributed by atoms with E-state index in [1.165, 1.54) is 103 Å². The molecule has 0 unspecified atom stereocenters. The molecule has 0 amide bonds. The fourth-order valence-electron chi connectivity index (χ4n) is 7.01. The third-order valence-corrected chi connectivity index (χ3v) is 11.0. The van der Waals surface area contributed by atoms with Gasteiger partial charge in [-0.3, -0.25) is 14.4 Å². The number of ether oxygens (including phenoxy) is 3. The van der Waals surface area contributed by atoms with E-state index in [0.717, 1.165) is 77.0 Å². The Labute approximate surface area is 406 Å². The number of esters is 3. The summed E-state index contributed by atoms with van der Waals surface area (Å²) in [7, 11) is 0. The summed E-state index contributed by atoms with van der Waals surface area (Å²) in [6, 6.07) is 0. The zero-order valence-corrected chi connectivity index (χ0v) is 42.7. The summed E-state index contributed by atoms with van der Waals surface area (Å²) < 4.78 is 16.7. The zero-order chi connectivity index (χ0) is 47.9. The molecule has 0 aliphatic heterocycles. The molecule has 0 aliphatic carbocycles. The Kier molecular flexibility index (Phi) is 50.5. The fourth-order valence-corrected chi connectivity index (χ4v) is 7.01. The van der Waals surface area contributed by atoms with Gasteiger partial charge < -0.3 is 14.2 Å². The first-order valence-corrected chi connectivity index (χ1v) is 26.9. The molecule has 0 aromatic carbocycles. The molecule has 66 heavy (non-hydrogen) atoms. The fraction of sp³-hybridized carbons (Fsp3) is 0.650. The van der Waals surface area contributed by atoms with E-state index in [1.54, 1.807) is 0 Å². The molecule has 374 valence electrons. The molecule has 6 heteroatoms. The molecule has 0 spiro atoms. The molecule has 0 bridgehead atoms. The Morgan fingerprint density at radius 2 is 0.636 bits per heavy atom. The van der Waals surface area contributed by atoms with Gasteiger partial charge in [0.05, 0.1) is 0 Å². The molecule has 0 aromatic heterocycles. The second-order valence-corrected chi connectivity index (χ2v) is 17.4.